The minimum absolute atomic E-state index is 0.193. The molecule has 0 aliphatic heterocycles. The summed E-state index contributed by atoms with van der Waals surface area (Å²) in [6.07, 6.45) is 0. The van der Waals surface area contributed by atoms with Crippen LogP contribution in [0.3, 0.4) is 0 Å². The van der Waals surface area contributed by atoms with Gasteiger partial charge in [-0.1, -0.05) is 12.1 Å². The molecule has 2 amide bonds. The van der Waals surface area contributed by atoms with Crippen molar-refractivity contribution in [1.29, 1.82) is 0 Å². The first kappa shape index (κ1) is 17.4. The van der Waals surface area contributed by atoms with E-state index in [0.717, 1.165) is 17.7 Å². The second kappa shape index (κ2) is 8.05. The Balaban J connectivity index is 1.81. The van der Waals surface area contributed by atoms with Crippen molar-refractivity contribution in [2.45, 2.75) is 6.54 Å². The van der Waals surface area contributed by atoms with Gasteiger partial charge in [0, 0.05) is 25.2 Å². The number of carbonyl (C=O) groups excluding carboxylic acids is 2. The molecule has 0 aromatic heterocycles. The fourth-order valence-corrected chi connectivity index (χ4v) is 1.91. The number of ether oxygens (including phenoxy) is 1. The van der Waals surface area contributed by atoms with Crippen molar-refractivity contribution >= 4 is 11.8 Å². The smallest absolute Gasteiger partial charge is 0.258 e. The molecule has 0 atom stereocenters. The van der Waals surface area contributed by atoms with Crippen molar-refractivity contribution in [3.05, 3.63) is 65.2 Å². The second-order valence-electron chi connectivity index (χ2n) is 4.92. The van der Waals surface area contributed by atoms with Gasteiger partial charge < -0.3 is 15.4 Å². The Morgan fingerprint density at radius 3 is 2.42 bits per heavy atom. The van der Waals surface area contributed by atoms with Gasteiger partial charge in [-0.2, -0.15) is 0 Å². The number of hydrogen-bond acceptors (Lipinski definition) is 3. The molecule has 0 saturated carbocycles. The van der Waals surface area contributed by atoms with Crippen LogP contribution in [0.2, 0.25) is 0 Å². The van der Waals surface area contributed by atoms with Crippen LogP contribution in [-0.2, 0) is 11.3 Å². The SMILES string of the molecule is CNC(=O)c1ccc(CNC(=O)COc2ccc(F)cc2F)cc1. The summed E-state index contributed by atoms with van der Waals surface area (Å²) in [5.41, 5.74) is 1.31. The molecule has 7 heteroatoms. The van der Waals surface area contributed by atoms with Crippen molar-refractivity contribution in [2.75, 3.05) is 13.7 Å². The van der Waals surface area contributed by atoms with E-state index >= 15 is 0 Å². The van der Waals surface area contributed by atoms with Gasteiger partial charge in [-0.05, 0) is 29.8 Å². The molecule has 0 fully saturated rings. The van der Waals surface area contributed by atoms with E-state index in [0.29, 0.717) is 11.6 Å². The second-order valence-corrected chi connectivity index (χ2v) is 4.92. The van der Waals surface area contributed by atoms with E-state index in [-0.39, 0.29) is 18.2 Å². The Hall–Kier alpha value is -2.96. The number of rotatable bonds is 6. The molecule has 126 valence electrons. The predicted octanol–water partition coefficient (Wildman–Crippen LogP) is 2.02. The molecule has 0 aliphatic rings. The highest BCUT2D eigenvalue weighted by molar-refractivity contribution is 5.93. The molecule has 0 saturated heterocycles. The summed E-state index contributed by atoms with van der Waals surface area (Å²) in [5.74, 6) is -2.42. The maximum Gasteiger partial charge on any atom is 0.258 e. The van der Waals surface area contributed by atoms with Crippen molar-refractivity contribution < 1.29 is 23.1 Å². The summed E-state index contributed by atoms with van der Waals surface area (Å²) in [6, 6.07) is 9.56. The van der Waals surface area contributed by atoms with E-state index in [1.165, 1.54) is 0 Å². The van der Waals surface area contributed by atoms with Crippen LogP contribution in [0.15, 0.2) is 42.5 Å². The number of hydrogen-bond donors (Lipinski definition) is 2. The topological polar surface area (TPSA) is 67.4 Å². The number of nitrogens with one attached hydrogen (secondary N) is 2. The summed E-state index contributed by atoms with van der Waals surface area (Å²) in [4.78, 5) is 23.1. The van der Waals surface area contributed by atoms with E-state index < -0.39 is 24.1 Å². The van der Waals surface area contributed by atoms with Crippen LogP contribution in [0.5, 0.6) is 5.75 Å². The quantitative estimate of drug-likeness (QED) is 0.849. The third-order valence-corrected chi connectivity index (χ3v) is 3.19. The van der Waals surface area contributed by atoms with Crippen LogP contribution in [0, 0.1) is 11.6 Å². The highest BCUT2D eigenvalue weighted by Crippen LogP contribution is 2.17. The Kier molecular flexibility index (Phi) is 5.83. The third kappa shape index (κ3) is 4.77. The summed E-state index contributed by atoms with van der Waals surface area (Å²) in [6.45, 7) is -0.152. The normalized spacial score (nSPS) is 10.1. The van der Waals surface area contributed by atoms with Gasteiger partial charge in [-0.15, -0.1) is 0 Å². The third-order valence-electron chi connectivity index (χ3n) is 3.19. The maximum atomic E-state index is 13.4. The molecule has 0 bridgehead atoms. The zero-order chi connectivity index (χ0) is 17.5. The number of amides is 2. The van der Waals surface area contributed by atoms with Crippen LogP contribution < -0.4 is 15.4 Å². The lowest BCUT2D eigenvalue weighted by molar-refractivity contribution is -0.123. The monoisotopic (exact) mass is 334 g/mol. The van der Waals surface area contributed by atoms with Crippen LogP contribution in [0.25, 0.3) is 0 Å². The summed E-state index contributed by atoms with van der Waals surface area (Å²) < 4.78 is 31.1. The van der Waals surface area contributed by atoms with E-state index in [1.807, 2.05) is 0 Å². The Morgan fingerprint density at radius 2 is 1.79 bits per heavy atom. The number of benzene rings is 2. The van der Waals surface area contributed by atoms with Gasteiger partial charge in [0.05, 0.1) is 0 Å². The van der Waals surface area contributed by atoms with Gasteiger partial charge in [0.25, 0.3) is 11.8 Å². The van der Waals surface area contributed by atoms with Crippen molar-refractivity contribution in [1.82, 2.24) is 10.6 Å². The molecule has 5 nitrogen and oxygen atoms in total. The summed E-state index contributed by atoms with van der Waals surface area (Å²) in [5, 5.41) is 5.11. The van der Waals surface area contributed by atoms with Crippen LogP contribution in [0.4, 0.5) is 8.78 Å². The fourth-order valence-electron chi connectivity index (χ4n) is 1.91. The first-order chi connectivity index (χ1) is 11.5. The lowest BCUT2D eigenvalue weighted by atomic mass is 10.1. The van der Waals surface area contributed by atoms with Gasteiger partial charge >= 0.3 is 0 Å². The van der Waals surface area contributed by atoms with Gasteiger partial charge in [-0.25, -0.2) is 8.78 Å². The Morgan fingerprint density at radius 1 is 1.08 bits per heavy atom. The molecular formula is C17H16F2N2O3. The average Bonchev–Trinajstić information content (AvgIpc) is 2.59. The van der Waals surface area contributed by atoms with Gasteiger partial charge in [-0.3, -0.25) is 9.59 Å². The number of halogens is 2. The van der Waals surface area contributed by atoms with Crippen LogP contribution in [0.1, 0.15) is 15.9 Å². The molecule has 2 aromatic carbocycles. The van der Waals surface area contributed by atoms with Gasteiger partial charge in [0.15, 0.2) is 18.2 Å². The molecule has 2 N–H and O–H groups in total. The molecule has 0 radical (unpaired) electrons. The minimum Gasteiger partial charge on any atom is -0.481 e. The molecule has 0 unspecified atom stereocenters. The molecule has 0 spiro atoms. The van der Waals surface area contributed by atoms with E-state index in [1.54, 1.807) is 31.3 Å². The first-order valence-corrected chi connectivity index (χ1v) is 7.15. The first-order valence-electron chi connectivity index (χ1n) is 7.15. The van der Waals surface area contributed by atoms with Crippen molar-refractivity contribution in [3.8, 4) is 5.75 Å². The predicted molar refractivity (Wildman–Crippen MR) is 83.5 cm³/mol. The summed E-state index contributed by atoms with van der Waals surface area (Å²) in [7, 11) is 1.54. The molecule has 2 rings (SSSR count). The number of carbonyl (C=O) groups is 2. The van der Waals surface area contributed by atoms with E-state index in [2.05, 4.69) is 10.6 Å². The zero-order valence-electron chi connectivity index (χ0n) is 12.9. The zero-order valence-corrected chi connectivity index (χ0v) is 12.9. The maximum absolute atomic E-state index is 13.4. The van der Waals surface area contributed by atoms with Gasteiger partial charge in [0.2, 0.25) is 0 Å². The van der Waals surface area contributed by atoms with Crippen LogP contribution in [-0.4, -0.2) is 25.5 Å². The minimum atomic E-state index is -0.868. The molecule has 2 aromatic rings. The average molecular weight is 334 g/mol. The standard InChI is InChI=1S/C17H16F2N2O3/c1-20-17(23)12-4-2-11(3-5-12)9-21-16(22)10-24-15-7-6-13(18)8-14(15)19/h2-8H,9-10H2,1H3,(H,20,23)(H,21,22). The lowest BCUT2D eigenvalue weighted by Gasteiger charge is -2.09. The summed E-state index contributed by atoms with van der Waals surface area (Å²) >= 11 is 0. The molecule has 0 heterocycles. The van der Waals surface area contributed by atoms with E-state index in [9.17, 15) is 18.4 Å². The highest BCUT2D eigenvalue weighted by atomic mass is 19.1. The Labute approximate surface area is 137 Å². The largest absolute Gasteiger partial charge is 0.481 e. The lowest BCUT2D eigenvalue weighted by Crippen LogP contribution is -2.28. The molecule has 24 heavy (non-hydrogen) atoms. The van der Waals surface area contributed by atoms with Crippen LogP contribution >= 0.6 is 0 Å². The van der Waals surface area contributed by atoms with E-state index in [4.69, 9.17) is 4.74 Å². The van der Waals surface area contributed by atoms with Crippen molar-refractivity contribution in [2.24, 2.45) is 0 Å². The molecule has 0 aliphatic carbocycles. The molecular weight excluding hydrogens is 318 g/mol. The Bertz CT molecular complexity index is 733. The highest BCUT2D eigenvalue weighted by Gasteiger charge is 2.08. The fraction of sp³-hybridized carbons (Fsp3) is 0.176. The van der Waals surface area contributed by atoms with Gasteiger partial charge in [0.1, 0.15) is 5.82 Å². The van der Waals surface area contributed by atoms with Crippen molar-refractivity contribution in [3.63, 3.8) is 0 Å².